The molecular weight excluding hydrogens is 299 g/mol. The van der Waals surface area contributed by atoms with E-state index in [0.29, 0.717) is 5.02 Å². The molecule has 108 valence electrons. The molecule has 0 spiro atoms. The zero-order valence-electron chi connectivity index (χ0n) is 10.9. The minimum Gasteiger partial charge on any atom is -0.465 e. The maximum absolute atomic E-state index is 13.5. The third-order valence-corrected chi connectivity index (χ3v) is 2.82. The van der Waals surface area contributed by atoms with Gasteiger partial charge in [0, 0.05) is 16.9 Å². The Morgan fingerprint density at radius 2 is 2.05 bits per heavy atom. The van der Waals surface area contributed by atoms with Crippen LogP contribution < -0.4 is 5.32 Å². The van der Waals surface area contributed by atoms with Gasteiger partial charge >= 0.3 is 5.97 Å². The molecule has 1 heterocycles. The summed E-state index contributed by atoms with van der Waals surface area (Å²) in [6.45, 7) is 0. The first-order chi connectivity index (χ1) is 10.0. The summed E-state index contributed by atoms with van der Waals surface area (Å²) < 4.78 is 17.9. The molecule has 0 bridgehead atoms. The maximum Gasteiger partial charge on any atom is 0.340 e. The van der Waals surface area contributed by atoms with E-state index in [0.717, 1.165) is 13.2 Å². The molecule has 5 nitrogen and oxygen atoms in total. The number of esters is 1. The van der Waals surface area contributed by atoms with Gasteiger partial charge in [-0.2, -0.15) is 0 Å². The van der Waals surface area contributed by atoms with Crippen LogP contribution in [0.25, 0.3) is 0 Å². The molecule has 0 unspecified atom stereocenters. The molecule has 0 aliphatic heterocycles. The second-order valence-electron chi connectivity index (χ2n) is 4.00. The molecule has 0 atom stereocenters. The number of pyridine rings is 1. The van der Waals surface area contributed by atoms with Crippen LogP contribution in [-0.2, 0) is 4.74 Å². The van der Waals surface area contributed by atoms with E-state index in [1.807, 2.05) is 0 Å². The highest BCUT2D eigenvalue weighted by atomic mass is 35.5. The molecule has 1 aromatic heterocycles. The number of amides is 1. The lowest BCUT2D eigenvalue weighted by Crippen LogP contribution is -2.14. The van der Waals surface area contributed by atoms with Crippen molar-refractivity contribution in [2.24, 2.45) is 0 Å². The number of anilines is 1. The summed E-state index contributed by atoms with van der Waals surface area (Å²) in [5, 5.41) is 2.86. The lowest BCUT2D eigenvalue weighted by molar-refractivity contribution is 0.0595. The van der Waals surface area contributed by atoms with Crippen LogP contribution in [-0.4, -0.2) is 24.0 Å². The fraction of sp³-hybridized carbons (Fsp3) is 0.0714. The number of hydrogen-bond donors (Lipinski definition) is 1. The molecule has 1 aromatic carbocycles. The second-order valence-corrected chi connectivity index (χ2v) is 4.44. The third-order valence-electron chi connectivity index (χ3n) is 2.58. The lowest BCUT2D eigenvalue weighted by atomic mass is 10.2. The average Bonchev–Trinajstić information content (AvgIpc) is 2.48. The van der Waals surface area contributed by atoms with Gasteiger partial charge in [0.1, 0.15) is 11.5 Å². The van der Waals surface area contributed by atoms with Crippen LogP contribution in [0, 0.1) is 5.82 Å². The van der Waals surface area contributed by atoms with Gasteiger partial charge in [0.25, 0.3) is 5.91 Å². The van der Waals surface area contributed by atoms with Gasteiger partial charge in [0.2, 0.25) is 0 Å². The Kier molecular flexibility index (Phi) is 4.49. The van der Waals surface area contributed by atoms with Gasteiger partial charge < -0.3 is 10.1 Å². The molecule has 7 heteroatoms. The Balaban J connectivity index is 2.24. The highest BCUT2D eigenvalue weighted by Gasteiger charge is 2.14. The highest BCUT2D eigenvalue weighted by molar-refractivity contribution is 6.30. The number of hydrogen-bond acceptors (Lipinski definition) is 4. The average molecular weight is 309 g/mol. The number of aromatic nitrogens is 1. The topological polar surface area (TPSA) is 68.3 Å². The SMILES string of the molecule is COC(=O)c1cc(NC(=O)c2cc(Cl)ccn2)ccc1F. The predicted molar refractivity (Wildman–Crippen MR) is 74.9 cm³/mol. The van der Waals surface area contributed by atoms with Gasteiger partial charge in [-0.05, 0) is 30.3 Å². The fourth-order valence-corrected chi connectivity index (χ4v) is 1.75. The molecule has 0 aliphatic carbocycles. The first kappa shape index (κ1) is 14.9. The van der Waals surface area contributed by atoms with Crippen molar-refractivity contribution in [3.8, 4) is 0 Å². The Morgan fingerprint density at radius 1 is 1.29 bits per heavy atom. The lowest BCUT2D eigenvalue weighted by Gasteiger charge is -2.07. The van der Waals surface area contributed by atoms with Crippen LogP contribution in [0.5, 0.6) is 0 Å². The molecule has 21 heavy (non-hydrogen) atoms. The standard InChI is InChI=1S/C14H10ClFN2O3/c1-21-14(20)10-7-9(2-3-11(10)16)18-13(19)12-6-8(15)4-5-17-12/h2-7H,1H3,(H,18,19). The van der Waals surface area contributed by atoms with E-state index in [4.69, 9.17) is 11.6 Å². The van der Waals surface area contributed by atoms with Gasteiger partial charge in [0.05, 0.1) is 12.7 Å². The molecule has 0 saturated heterocycles. The van der Waals surface area contributed by atoms with Crippen molar-refractivity contribution in [2.75, 3.05) is 12.4 Å². The summed E-state index contributed by atoms with van der Waals surface area (Å²) in [4.78, 5) is 27.2. The molecule has 1 amide bonds. The number of rotatable bonds is 3. The van der Waals surface area contributed by atoms with Crippen molar-refractivity contribution in [3.63, 3.8) is 0 Å². The Hall–Kier alpha value is -2.47. The molecule has 2 rings (SSSR count). The largest absolute Gasteiger partial charge is 0.465 e. The van der Waals surface area contributed by atoms with E-state index >= 15 is 0 Å². The smallest absolute Gasteiger partial charge is 0.340 e. The van der Waals surface area contributed by atoms with Gasteiger partial charge in [-0.1, -0.05) is 11.6 Å². The first-order valence-electron chi connectivity index (χ1n) is 5.82. The van der Waals surface area contributed by atoms with Gasteiger partial charge in [-0.25, -0.2) is 9.18 Å². The predicted octanol–water partition coefficient (Wildman–Crippen LogP) is 2.91. The van der Waals surface area contributed by atoms with Gasteiger partial charge in [-0.15, -0.1) is 0 Å². The summed E-state index contributed by atoms with van der Waals surface area (Å²) in [7, 11) is 1.14. The van der Waals surface area contributed by atoms with Crippen molar-refractivity contribution in [3.05, 3.63) is 58.6 Å². The number of nitrogens with one attached hydrogen (secondary N) is 1. The Bertz CT molecular complexity index is 706. The Morgan fingerprint density at radius 3 is 2.71 bits per heavy atom. The van der Waals surface area contributed by atoms with E-state index in [2.05, 4.69) is 15.0 Å². The zero-order valence-corrected chi connectivity index (χ0v) is 11.6. The number of halogens is 2. The summed E-state index contributed by atoms with van der Waals surface area (Å²) in [6, 6.07) is 6.49. The van der Waals surface area contributed by atoms with Crippen LogP contribution in [0.3, 0.4) is 0 Å². The van der Waals surface area contributed by atoms with Crippen LogP contribution in [0.2, 0.25) is 5.02 Å². The molecular formula is C14H10ClFN2O3. The zero-order chi connectivity index (χ0) is 15.4. The van der Waals surface area contributed by atoms with Crippen molar-refractivity contribution in [2.45, 2.75) is 0 Å². The summed E-state index contributed by atoms with van der Waals surface area (Å²) in [6.07, 6.45) is 1.39. The van der Waals surface area contributed by atoms with Crippen molar-refractivity contribution in [1.29, 1.82) is 0 Å². The molecule has 2 aromatic rings. The minimum absolute atomic E-state index is 0.103. The highest BCUT2D eigenvalue weighted by Crippen LogP contribution is 2.17. The van der Waals surface area contributed by atoms with Crippen LogP contribution in [0.1, 0.15) is 20.8 Å². The van der Waals surface area contributed by atoms with E-state index in [-0.39, 0.29) is 16.9 Å². The second kappa shape index (κ2) is 6.32. The molecule has 0 radical (unpaired) electrons. The monoisotopic (exact) mass is 308 g/mol. The van der Waals surface area contributed by atoms with Crippen molar-refractivity contribution in [1.82, 2.24) is 4.98 Å². The van der Waals surface area contributed by atoms with E-state index in [1.165, 1.54) is 30.5 Å². The number of benzene rings is 1. The first-order valence-corrected chi connectivity index (χ1v) is 6.20. The normalized spacial score (nSPS) is 10.0. The van der Waals surface area contributed by atoms with Crippen molar-refractivity contribution < 1.29 is 18.7 Å². The van der Waals surface area contributed by atoms with Crippen molar-refractivity contribution >= 4 is 29.2 Å². The summed E-state index contributed by atoms with van der Waals surface area (Å²) in [5.41, 5.74) is 0.0735. The number of nitrogens with zero attached hydrogens (tertiary/aromatic N) is 1. The van der Waals surface area contributed by atoms with Crippen LogP contribution >= 0.6 is 11.6 Å². The van der Waals surface area contributed by atoms with E-state index in [9.17, 15) is 14.0 Å². The van der Waals surface area contributed by atoms with Gasteiger partial charge in [-0.3, -0.25) is 9.78 Å². The molecule has 0 saturated carbocycles. The van der Waals surface area contributed by atoms with Gasteiger partial charge in [0.15, 0.2) is 0 Å². The Labute approximate surface area is 124 Å². The summed E-state index contributed by atoms with van der Waals surface area (Å²) >= 11 is 5.77. The maximum atomic E-state index is 13.5. The van der Waals surface area contributed by atoms with E-state index in [1.54, 1.807) is 0 Å². The third kappa shape index (κ3) is 3.55. The van der Waals surface area contributed by atoms with Crippen LogP contribution in [0.15, 0.2) is 36.5 Å². The number of ether oxygens (including phenoxy) is 1. The molecule has 0 fully saturated rings. The van der Waals surface area contributed by atoms with Crippen LogP contribution in [0.4, 0.5) is 10.1 Å². The van der Waals surface area contributed by atoms with E-state index < -0.39 is 17.7 Å². The molecule has 1 N–H and O–H groups in total. The minimum atomic E-state index is -0.829. The number of carbonyl (C=O) groups is 2. The number of carbonyl (C=O) groups excluding carboxylic acids is 2. The molecule has 0 aliphatic rings. The number of methoxy groups -OCH3 is 1. The fourth-order valence-electron chi connectivity index (χ4n) is 1.59. The quantitative estimate of drug-likeness (QED) is 0.885. The summed E-state index contributed by atoms with van der Waals surface area (Å²) in [5.74, 6) is -2.09.